The van der Waals surface area contributed by atoms with Gasteiger partial charge in [-0.15, -0.1) is 0 Å². The van der Waals surface area contributed by atoms with Crippen LogP contribution in [0.1, 0.15) is 60.9 Å². The lowest BCUT2D eigenvalue weighted by Crippen LogP contribution is -2.34. The van der Waals surface area contributed by atoms with Crippen LogP contribution in [-0.4, -0.2) is 12.5 Å². The van der Waals surface area contributed by atoms with E-state index in [9.17, 15) is 4.79 Å². The average molecular weight is 337 g/mol. The quantitative estimate of drug-likeness (QED) is 0.859. The number of nitrogens with one attached hydrogen (secondary N) is 1. The molecule has 25 heavy (non-hydrogen) atoms. The van der Waals surface area contributed by atoms with Gasteiger partial charge in [-0.3, -0.25) is 4.79 Å². The van der Waals surface area contributed by atoms with Crippen molar-refractivity contribution in [2.24, 2.45) is 0 Å². The molecule has 2 aromatic carbocycles. The van der Waals surface area contributed by atoms with E-state index in [1.54, 1.807) is 0 Å². The fourth-order valence-electron chi connectivity index (χ4n) is 3.41. The SMILES string of the molecule is Cc1ccc(C(C)C)cc1OCC(=O)N[C@H]1CCCc2ccccc21. The minimum atomic E-state index is -0.0592. The van der Waals surface area contributed by atoms with E-state index in [2.05, 4.69) is 49.5 Å². The number of amides is 1. The molecule has 1 aliphatic rings. The van der Waals surface area contributed by atoms with Crippen molar-refractivity contribution >= 4 is 5.91 Å². The van der Waals surface area contributed by atoms with Crippen LogP contribution in [0, 0.1) is 6.92 Å². The highest BCUT2D eigenvalue weighted by Crippen LogP contribution is 2.29. The molecule has 0 saturated heterocycles. The summed E-state index contributed by atoms with van der Waals surface area (Å²) < 4.78 is 5.81. The van der Waals surface area contributed by atoms with Crippen molar-refractivity contribution in [3.63, 3.8) is 0 Å². The molecule has 0 fully saturated rings. The topological polar surface area (TPSA) is 38.3 Å². The predicted molar refractivity (Wildman–Crippen MR) is 101 cm³/mol. The molecule has 132 valence electrons. The predicted octanol–water partition coefficient (Wildman–Crippen LogP) is 4.69. The van der Waals surface area contributed by atoms with E-state index < -0.39 is 0 Å². The summed E-state index contributed by atoms with van der Waals surface area (Å²) in [6.07, 6.45) is 3.20. The molecule has 0 bridgehead atoms. The van der Waals surface area contributed by atoms with Gasteiger partial charge in [0.25, 0.3) is 5.91 Å². The molecule has 2 aromatic rings. The number of carbonyl (C=O) groups excluding carboxylic acids is 1. The third-order valence-electron chi connectivity index (χ3n) is 4.94. The van der Waals surface area contributed by atoms with Crippen LogP contribution in [0.15, 0.2) is 42.5 Å². The third-order valence-corrected chi connectivity index (χ3v) is 4.94. The lowest BCUT2D eigenvalue weighted by molar-refractivity contribution is -0.124. The number of carbonyl (C=O) groups is 1. The Morgan fingerprint density at radius 3 is 2.84 bits per heavy atom. The van der Waals surface area contributed by atoms with Crippen molar-refractivity contribution in [3.05, 3.63) is 64.7 Å². The highest BCUT2D eigenvalue weighted by atomic mass is 16.5. The summed E-state index contributed by atoms with van der Waals surface area (Å²) in [7, 11) is 0. The minimum Gasteiger partial charge on any atom is -0.483 e. The Morgan fingerprint density at radius 2 is 2.04 bits per heavy atom. The zero-order chi connectivity index (χ0) is 17.8. The normalized spacial score (nSPS) is 16.4. The minimum absolute atomic E-state index is 0.0566. The van der Waals surface area contributed by atoms with Crippen LogP contribution in [0.3, 0.4) is 0 Å². The van der Waals surface area contributed by atoms with Gasteiger partial charge in [-0.05, 0) is 60.4 Å². The molecule has 1 amide bonds. The van der Waals surface area contributed by atoms with Gasteiger partial charge in [0.1, 0.15) is 5.75 Å². The molecule has 0 saturated carbocycles. The Bertz CT molecular complexity index is 751. The van der Waals surface area contributed by atoms with Crippen molar-refractivity contribution in [2.45, 2.75) is 52.0 Å². The third kappa shape index (κ3) is 4.22. The van der Waals surface area contributed by atoms with Gasteiger partial charge in [-0.25, -0.2) is 0 Å². The summed E-state index contributed by atoms with van der Waals surface area (Å²) in [6.45, 7) is 6.37. The molecule has 0 radical (unpaired) electrons. The van der Waals surface area contributed by atoms with E-state index in [1.165, 1.54) is 16.7 Å². The molecule has 3 heteroatoms. The van der Waals surface area contributed by atoms with Gasteiger partial charge in [-0.1, -0.05) is 50.2 Å². The monoisotopic (exact) mass is 337 g/mol. The maximum Gasteiger partial charge on any atom is 0.258 e. The maximum atomic E-state index is 12.4. The van der Waals surface area contributed by atoms with E-state index in [-0.39, 0.29) is 18.6 Å². The number of ether oxygens (including phenoxy) is 1. The summed E-state index contributed by atoms with van der Waals surface area (Å²) in [5, 5.41) is 3.14. The van der Waals surface area contributed by atoms with E-state index in [4.69, 9.17) is 4.74 Å². The first-order valence-corrected chi connectivity index (χ1v) is 9.15. The number of fused-ring (bicyclic) bond motifs is 1. The summed E-state index contributed by atoms with van der Waals surface area (Å²) in [5.41, 5.74) is 4.88. The molecule has 0 unspecified atom stereocenters. The van der Waals surface area contributed by atoms with Gasteiger partial charge in [0, 0.05) is 0 Å². The van der Waals surface area contributed by atoms with Crippen molar-refractivity contribution in [3.8, 4) is 5.75 Å². The van der Waals surface area contributed by atoms with Gasteiger partial charge >= 0.3 is 0 Å². The van der Waals surface area contributed by atoms with Crippen molar-refractivity contribution in [1.29, 1.82) is 0 Å². The molecule has 1 atom stereocenters. The van der Waals surface area contributed by atoms with Crippen LogP contribution in [0.25, 0.3) is 0 Å². The molecule has 1 N–H and O–H groups in total. The fourth-order valence-corrected chi connectivity index (χ4v) is 3.41. The van der Waals surface area contributed by atoms with Crippen molar-refractivity contribution in [1.82, 2.24) is 5.32 Å². The average Bonchev–Trinajstić information content (AvgIpc) is 2.61. The number of rotatable bonds is 5. The smallest absolute Gasteiger partial charge is 0.258 e. The van der Waals surface area contributed by atoms with Crippen molar-refractivity contribution < 1.29 is 9.53 Å². The molecule has 0 aliphatic heterocycles. The Morgan fingerprint density at radius 1 is 1.24 bits per heavy atom. The Balaban J connectivity index is 1.62. The zero-order valence-electron chi connectivity index (χ0n) is 15.3. The number of hydrogen-bond acceptors (Lipinski definition) is 2. The highest BCUT2D eigenvalue weighted by molar-refractivity contribution is 5.78. The lowest BCUT2D eigenvalue weighted by atomic mass is 9.88. The molecule has 3 rings (SSSR count). The lowest BCUT2D eigenvalue weighted by Gasteiger charge is -2.26. The van der Waals surface area contributed by atoms with Crippen molar-refractivity contribution in [2.75, 3.05) is 6.61 Å². The first kappa shape index (κ1) is 17.5. The summed E-state index contributed by atoms with van der Waals surface area (Å²) in [5.74, 6) is 1.18. The Labute approximate surface area is 150 Å². The second-order valence-corrected chi connectivity index (χ2v) is 7.18. The molecule has 0 heterocycles. The van der Waals surface area contributed by atoms with Crippen LogP contribution in [0.2, 0.25) is 0 Å². The summed E-state index contributed by atoms with van der Waals surface area (Å²) >= 11 is 0. The van der Waals surface area contributed by atoms with E-state index in [1.807, 2.05) is 19.1 Å². The summed E-state index contributed by atoms with van der Waals surface area (Å²) in [4.78, 5) is 12.4. The van der Waals surface area contributed by atoms with Crippen LogP contribution in [-0.2, 0) is 11.2 Å². The molecule has 0 spiro atoms. The van der Waals surface area contributed by atoms with Crippen LogP contribution >= 0.6 is 0 Å². The van der Waals surface area contributed by atoms with Gasteiger partial charge in [0.15, 0.2) is 6.61 Å². The molecular formula is C22H27NO2. The van der Waals surface area contributed by atoms with Gasteiger partial charge in [-0.2, -0.15) is 0 Å². The molecular weight excluding hydrogens is 310 g/mol. The summed E-state index contributed by atoms with van der Waals surface area (Å²) in [6, 6.07) is 14.7. The Hall–Kier alpha value is -2.29. The van der Waals surface area contributed by atoms with Gasteiger partial charge < -0.3 is 10.1 Å². The van der Waals surface area contributed by atoms with E-state index in [0.717, 1.165) is 30.6 Å². The van der Waals surface area contributed by atoms with Crippen LogP contribution in [0.5, 0.6) is 5.75 Å². The van der Waals surface area contributed by atoms with Crippen LogP contribution < -0.4 is 10.1 Å². The van der Waals surface area contributed by atoms with Gasteiger partial charge in [0.2, 0.25) is 0 Å². The standard InChI is InChI=1S/C22H27NO2/c1-15(2)18-12-11-16(3)21(13-18)25-14-22(24)23-20-10-6-8-17-7-4-5-9-19(17)20/h4-5,7,9,11-13,15,20H,6,8,10,14H2,1-3H3,(H,23,24)/t20-/m0/s1. The first-order valence-electron chi connectivity index (χ1n) is 9.15. The number of hydrogen-bond donors (Lipinski definition) is 1. The van der Waals surface area contributed by atoms with E-state index in [0.29, 0.717) is 5.92 Å². The largest absolute Gasteiger partial charge is 0.483 e. The molecule has 0 aromatic heterocycles. The van der Waals surface area contributed by atoms with Crippen LogP contribution in [0.4, 0.5) is 0 Å². The van der Waals surface area contributed by atoms with Gasteiger partial charge in [0.05, 0.1) is 6.04 Å². The first-order chi connectivity index (χ1) is 12.0. The number of benzene rings is 2. The molecule has 3 nitrogen and oxygen atoms in total. The Kier molecular flexibility index (Phi) is 5.42. The maximum absolute atomic E-state index is 12.4. The van der Waals surface area contributed by atoms with E-state index >= 15 is 0 Å². The highest BCUT2D eigenvalue weighted by Gasteiger charge is 2.21. The second-order valence-electron chi connectivity index (χ2n) is 7.18. The number of aryl methyl sites for hydroxylation is 2. The zero-order valence-corrected chi connectivity index (χ0v) is 15.3. The molecule has 1 aliphatic carbocycles. The second kappa shape index (κ2) is 7.73. The fraction of sp³-hybridized carbons (Fsp3) is 0.409.